The second-order valence-corrected chi connectivity index (χ2v) is 5.07. The Bertz CT molecular complexity index is 562. The van der Waals surface area contributed by atoms with Crippen molar-refractivity contribution in [1.82, 2.24) is 24.7 Å². The number of nitrogens with zero attached hydrogens (tertiary/aromatic N) is 6. The van der Waals surface area contributed by atoms with E-state index in [1.807, 2.05) is 11.8 Å². The molecule has 0 bridgehead atoms. The van der Waals surface area contributed by atoms with E-state index in [4.69, 9.17) is 5.73 Å². The fourth-order valence-corrected chi connectivity index (χ4v) is 1.79. The minimum Gasteiger partial charge on any atom is -0.389 e. The lowest BCUT2D eigenvalue weighted by molar-refractivity contribution is 0.0872. The predicted octanol–water partition coefficient (Wildman–Crippen LogP) is 0.237. The number of aromatic nitrogens is 5. The Morgan fingerprint density at radius 1 is 1.35 bits per heavy atom. The normalized spacial score (nSPS) is 11.6. The summed E-state index contributed by atoms with van der Waals surface area (Å²) in [6.07, 6.45) is 3.36. The highest BCUT2D eigenvalue weighted by molar-refractivity contribution is 5.38. The zero-order valence-electron chi connectivity index (χ0n) is 11.9. The average Bonchev–Trinajstić information content (AvgIpc) is 2.88. The second kappa shape index (κ2) is 5.41. The van der Waals surface area contributed by atoms with Crippen molar-refractivity contribution < 1.29 is 5.11 Å². The molecule has 0 unspecified atom stereocenters. The number of rotatable bonds is 5. The third-order valence-corrected chi connectivity index (χ3v) is 2.58. The molecule has 108 valence electrons. The van der Waals surface area contributed by atoms with Gasteiger partial charge in [-0.3, -0.25) is 0 Å². The molecular formula is C12H19N7O. The van der Waals surface area contributed by atoms with Gasteiger partial charge in [-0.25, -0.2) is 4.68 Å². The molecule has 0 aliphatic heterocycles. The first-order valence-corrected chi connectivity index (χ1v) is 6.38. The van der Waals surface area contributed by atoms with Gasteiger partial charge in [0.15, 0.2) is 0 Å². The first-order valence-electron chi connectivity index (χ1n) is 6.38. The lowest BCUT2D eigenvalue weighted by atomic mass is 10.1. The number of likely N-dealkylation sites (N-methyl/N-ethyl adjacent to an activating group) is 1. The SMILES string of the molecule is CCN(CC(C)(C)O)c1nc(N)nc(-n2cccn2)n1. The van der Waals surface area contributed by atoms with E-state index in [-0.39, 0.29) is 5.95 Å². The molecule has 0 saturated heterocycles. The van der Waals surface area contributed by atoms with Gasteiger partial charge in [-0.1, -0.05) is 0 Å². The van der Waals surface area contributed by atoms with Gasteiger partial charge in [-0.2, -0.15) is 20.1 Å². The molecule has 2 aromatic heterocycles. The van der Waals surface area contributed by atoms with Crippen molar-refractivity contribution in [3.8, 4) is 5.95 Å². The monoisotopic (exact) mass is 277 g/mol. The Hall–Kier alpha value is -2.22. The van der Waals surface area contributed by atoms with Crippen LogP contribution in [0.4, 0.5) is 11.9 Å². The van der Waals surface area contributed by atoms with E-state index in [1.165, 1.54) is 4.68 Å². The van der Waals surface area contributed by atoms with Crippen LogP contribution in [0.1, 0.15) is 20.8 Å². The number of nitrogens with two attached hydrogens (primary N) is 1. The standard InChI is InChI=1S/C12H19N7O/c1-4-18(8-12(2,3)20)10-15-9(13)16-11(17-10)19-7-5-6-14-19/h5-7,20H,4,8H2,1-3H3,(H2,13,15,16,17). The van der Waals surface area contributed by atoms with Gasteiger partial charge >= 0.3 is 0 Å². The molecule has 0 radical (unpaired) electrons. The molecular weight excluding hydrogens is 258 g/mol. The molecule has 0 saturated carbocycles. The van der Waals surface area contributed by atoms with Crippen LogP contribution < -0.4 is 10.6 Å². The van der Waals surface area contributed by atoms with Crippen LogP contribution in [0.15, 0.2) is 18.5 Å². The molecule has 2 heterocycles. The van der Waals surface area contributed by atoms with Crippen molar-refractivity contribution in [3.05, 3.63) is 18.5 Å². The molecule has 0 spiro atoms. The Balaban J connectivity index is 2.36. The van der Waals surface area contributed by atoms with Crippen LogP contribution in [0.5, 0.6) is 0 Å². The highest BCUT2D eigenvalue weighted by atomic mass is 16.3. The number of hydrogen-bond acceptors (Lipinski definition) is 7. The average molecular weight is 277 g/mol. The van der Waals surface area contributed by atoms with E-state index >= 15 is 0 Å². The fraction of sp³-hybridized carbons (Fsp3) is 0.500. The molecule has 2 aromatic rings. The maximum Gasteiger partial charge on any atom is 0.257 e. The highest BCUT2D eigenvalue weighted by Gasteiger charge is 2.20. The van der Waals surface area contributed by atoms with Crippen LogP contribution in [0, 0.1) is 0 Å². The predicted molar refractivity (Wildman–Crippen MR) is 75.5 cm³/mol. The Kier molecular flexibility index (Phi) is 3.84. The molecule has 0 amide bonds. The summed E-state index contributed by atoms with van der Waals surface area (Å²) >= 11 is 0. The van der Waals surface area contributed by atoms with E-state index in [2.05, 4.69) is 20.1 Å². The van der Waals surface area contributed by atoms with Gasteiger partial charge in [-0.05, 0) is 26.8 Å². The van der Waals surface area contributed by atoms with E-state index in [1.54, 1.807) is 32.3 Å². The largest absolute Gasteiger partial charge is 0.389 e. The molecule has 8 nitrogen and oxygen atoms in total. The zero-order valence-corrected chi connectivity index (χ0v) is 11.9. The molecule has 20 heavy (non-hydrogen) atoms. The zero-order chi connectivity index (χ0) is 14.8. The van der Waals surface area contributed by atoms with Gasteiger partial charge in [0.2, 0.25) is 11.9 Å². The van der Waals surface area contributed by atoms with Crippen LogP contribution in [0.2, 0.25) is 0 Å². The summed E-state index contributed by atoms with van der Waals surface area (Å²) in [4.78, 5) is 14.4. The van der Waals surface area contributed by atoms with Crippen LogP contribution in [0.25, 0.3) is 5.95 Å². The summed E-state index contributed by atoms with van der Waals surface area (Å²) < 4.78 is 1.51. The summed E-state index contributed by atoms with van der Waals surface area (Å²) in [6.45, 7) is 6.46. The molecule has 3 N–H and O–H groups in total. The third kappa shape index (κ3) is 3.41. The summed E-state index contributed by atoms with van der Waals surface area (Å²) in [6, 6.07) is 1.77. The lowest BCUT2D eigenvalue weighted by Crippen LogP contribution is -2.39. The maximum absolute atomic E-state index is 9.94. The lowest BCUT2D eigenvalue weighted by Gasteiger charge is -2.28. The maximum atomic E-state index is 9.94. The van der Waals surface area contributed by atoms with Crippen LogP contribution in [-0.2, 0) is 0 Å². The second-order valence-electron chi connectivity index (χ2n) is 5.07. The van der Waals surface area contributed by atoms with E-state index in [0.717, 1.165) is 0 Å². The number of nitrogen functional groups attached to an aromatic ring is 1. The number of hydrogen-bond donors (Lipinski definition) is 2. The summed E-state index contributed by atoms with van der Waals surface area (Å²) in [5.41, 5.74) is 4.87. The van der Waals surface area contributed by atoms with Gasteiger partial charge in [0, 0.05) is 25.5 Å². The molecule has 8 heteroatoms. The Labute approximate surface area is 117 Å². The topological polar surface area (TPSA) is 106 Å². The van der Waals surface area contributed by atoms with Gasteiger partial charge < -0.3 is 15.7 Å². The fourth-order valence-electron chi connectivity index (χ4n) is 1.79. The summed E-state index contributed by atoms with van der Waals surface area (Å²) in [5.74, 6) is 0.897. The minimum atomic E-state index is -0.858. The number of anilines is 2. The summed E-state index contributed by atoms with van der Waals surface area (Å²) in [7, 11) is 0. The van der Waals surface area contributed by atoms with Crippen LogP contribution in [0.3, 0.4) is 0 Å². The molecule has 0 aliphatic rings. The number of aliphatic hydroxyl groups is 1. The van der Waals surface area contributed by atoms with Crippen LogP contribution in [-0.4, -0.2) is 48.5 Å². The first-order chi connectivity index (χ1) is 9.39. The smallest absolute Gasteiger partial charge is 0.257 e. The highest BCUT2D eigenvalue weighted by Crippen LogP contribution is 2.14. The molecule has 0 fully saturated rings. The van der Waals surface area contributed by atoms with E-state index < -0.39 is 5.60 Å². The summed E-state index contributed by atoms with van der Waals surface area (Å²) in [5, 5.41) is 14.0. The van der Waals surface area contributed by atoms with Gasteiger partial charge in [0.1, 0.15) is 0 Å². The van der Waals surface area contributed by atoms with Crippen molar-refractivity contribution in [3.63, 3.8) is 0 Å². The van der Waals surface area contributed by atoms with Crippen molar-refractivity contribution in [2.75, 3.05) is 23.7 Å². The first kappa shape index (κ1) is 14.2. The Morgan fingerprint density at radius 3 is 2.65 bits per heavy atom. The molecule has 0 aromatic carbocycles. The van der Waals surface area contributed by atoms with Gasteiger partial charge in [0.25, 0.3) is 5.95 Å². The van der Waals surface area contributed by atoms with Crippen molar-refractivity contribution >= 4 is 11.9 Å². The molecule has 2 rings (SSSR count). The van der Waals surface area contributed by atoms with Crippen molar-refractivity contribution in [1.29, 1.82) is 0 Å². The Morgan fingerprint density at radius 2 is 2.10 bits per heavy atom. The minimum absolute atomic E-state index is 0.120. The van der Waals surface area contributed by atoms with Gasteiger partial charge in [-0.15, -0.1) is 0 Å². The van der Waals surface area contributed by atoms with E-state index in [9.17, 15) is 5.11 Å². The molecule has 0 atom stereocenters. The van der Waals surface area contributed by atoms with E-state index in [0.29, 0.717) is 25.0 Å². The van der Waals surface area contributed by atoms with Gasteiger partial charge in [0.05, 0.1) is 5.60 Å². The quantitative estimate of drug-likeness (QED) is 0.806. The van der Waals surface area contributed by atoms with Crippen LogP contribution >= 0.6 is 0 Å². The van der Waals surface area contributed by atoms with Crippen molar-refractivity contribution in [2.45, 2.75) is 26.4 Å². The van der Waals surface area contributed by atoms with Crippen molar-refractivity contribution in [2.24, 2.45) is 0 Å². The molecule has 0 aliphatic carbocycles. The third-order valence-electron chi connectivity index (χ3n) is 2.58.